The van der Waals surface area contributed by atoms with Crippen molar-refractivity contribution in [3.05, 3.63) is 35.8 Å². The van der Waals surface area contributed by atoms with E-state index >= 15 is 0 Å². The Bertz CT molecular complexity index is 610. The van der Waals surface area contributed by atoms with Gasteiger partial charge in [0.2, 0.25) is 0 Å². The van der Waals surface area contributed by atoms with Gasteiger partial charge in [-0.25, -0.2) is 9.67 Å². The van der Waals surface area contributed by atoms with Gasteiger partial charge in [0.05, 0.1) is 11.9 Å². The van der Waals surface area contributed by atoms with Crippen molar-refractivity contribution >= 4 is 5.82 Å². The average molecular weight is 296 g/mol. The van der Waals surface area contributed by atoms with Crippen molar-refractivity contribution in [1.29, 1.82) is 0 Å². The molecule has 0 unspecified atom stereocenters. The molecule has 0 radical (unpaired) electrons. The molecule has 2 N–H and O–H groups in total. The standard InChI is InChI=1S/C10H6F6N4/c11-9(12,13)6-3-7(10(14,15)16)20(19-6)5-1-2-8(17)18-4-5/h1-4H,(H2,17,18). The molecule has 0 saturated carbocycles. The molecule has 2 aromatic heterocycles. The van der Waals surface area contributed by atoms with Crippen LogP contribution in [0.15, 0.2) is 24.4 Å². The summed E-state index contributed by atoms with van der Waals surface area (Å²) >= 11 is 0. The van der Waals surface area contributed by atoms with Gasteiger partial charge < -0.3 is 5.73 Å². The SMILES string of the molecule is Nc1ccc(-n2nc(C(F)(F)F)cc2C(F)(F)F)cn1. The Kier molecular flexibility index (Phi) is 3.11. The predicted octanol–water partition coefficient (Wildman–Crippen LogP) is 2.89. The number of hydrogen-bond donors (Lipinski definition) is 1. The quantitative estimate of drug-likeness (QED) is 0.823. The molecular weight excluding hydrogens is 290 g/mol. The number of halogens is 6. The fraction of sp³-hybridized carbons (Fsp3) is 0.200. The third kappa shape index (κ3) is 2.68. The van der Waals surface area contributed by atoms with E-state index in [1.54, 1.807) is 0 Å². The van der Waals surface area contributed by atoms with E-state index in [2.05, 4.69) is 10.1 Å². The van der Waals surface area contributed by atoms with Crippen LogP contribution < -0.4 is 5.73 Å². The highest BCUT2D eigenvalue weighted by Crippen LogP contribution is 2.36. The third-order valence-electron chi connectivity index (χ3n) is 2.31. The molecule has 0 atom stereocenters. The van der Waals surface area contributed by atoms with Crippen LogP contribution in [0.25, 0.3) is 5.69 Å². The van der Waals surface area contributed by atoms with Gasteiger partial charge in [0.15, 0.2) is 5.69 Å². The molecule has 0 amide bonds. The smallest absolute Gasteiger partial charge is 0.384 e. The normalized spacial score (nSPS) is 12.7. The van der Waals surface area contributed by atoms with Crippen molar-refractivity contribution in [2.24, 2.45) is 0 Å². The summed E-state index contributed by atoms with van der Waals surface area (Å²) in [6, 6.07) is 2.19. The number of aromatic nitrogens is 3. The van der Waals surface area contributed by atoms with Crippen LogP contribution in [0.3, 0.4) is 0 Å². The van der Waals surface area contributed by atoms with Gasteiger partial charge in [-0.2, -0.15) is 31.4 Å². The van der Waals surface area contributed by atoms with Gasteiger partial charge in [-0.05, 0) is 12.1 Å². The van der Waals surface area contributed by atoms with E-state index in [1.165, 1.54) is 0 Å². The van der Waals surface area contributed by atoms with Crippen LogP contribution in [-0.2, 0) is 12.4 Å². The van der Waals surface area contributed by atoms with E-state index in [4.69, 9.17) is 5.73 Å². The van der Waals surface area contributed by atoms with Crippen LogP contribution in [0.5, 0.6) is 0 Å². The number of nitrogens with two attached hydrogens (primary N) is 1. The van der Waals surface area contributed by atoms with Crippen LogP contribution in [0.2, 0.25) is 0 Å². The van der Waals surface area contributed by atoms with Crippen LogP contribution in [0.4, 0.5) is 32.2 Å². The van der Waals surface area contributed by atoms with E-state index < -0.39 is 23.7 Å². The number of anilines is 1. The summed E-state index contributed by atoms with van der Waals surface area (Å²) in [6.07, 6.45) is -9.07. The molecule has 0 fully saturated rings. The average Bonchev–Trinajstić information content (AvgIpc) is 2.74. The third-order valence-corrected chi connectivity index (χ3v) is 2.31. The second-order valence-electron chi connectivity index (χ2n) is 3.76. The van der Waals surface area contributed by atoms with Gasteiger partial charge in [0.25, 0.3) is 0 Å². The maximum atomic E-state index is 12.7. The van der Waals surface area contributed by atoms with E-state index in [-0.39, 0.29) is 22.3 Å². The van der Waals surface area contributed by atoms with Crippen molar-refractivity contribution in [2.45, 2.75) is 12.4 Å². The van der Waals surface area contributed by atoms with E-state index in [0.717, 1.165) is 18.3 Å². The van der Waals surface area contributed by atoms with Crippen LogP contribution in [-0.4, -0.2) is 14.8 Å². The maximum Gasteiger partial charge on any atom is 0.435 e. The number of pyridine rings is 1. The Morgan fingerprint density at radius 2 is 1.65 bits per heavy atom. The summed E-state index contributed by atoms with van der Waals surface area (Å²) in [7, 11) is 0. The zero-order valence-corrected chi connectivity index (χ0v) is 9.50. The van der Waals surface area contributed by atoms with Gasteiger partial charge in [0.1, 0.15) is 11.5 Å². The molecule has 4 nitrogen and oxygen atoms in total. The lowest BCUT2D eigenvalue weighted by atomic mass is 10.3. The van der Waals surface area contributed by atoms with Gasteiger partial charge in [-0.3, -0.25) is 0 Å². The van der Waals surface area contributed by atoms with Crippen LogP contribution in [0, 0.1) is 0 Å². The number of hydrogen-bond acceptors (Lipinski definition) is 3. The molecule has 0 saturated heterocycles. The summed E-state index contributed by atoms with van der Waals surface area (Å²) in [4.78, 5) is 3.52. The van der Waals surface area contributed by atoms with Gasteiger partial charge in [0, 0.05) is 6.07 Å². The molecule has 0 bridgehead atoms. The van der Waals surface area contributed by atoms with Crippen LogP contribution >= 0.6 is 0 Å². The van der Waals surface area contributed by atoms with Crippen molar-refractivity contribution in [1.82, 2.24) is 14.8 Å². The van der Waals surface area contributed by atoms with Crippen molar-refractivity contribution < 1.29 is 26.3 Å². The predicted molar refractivity (Wildman–Crippen MR) is 55.8 cm³/mol. The van der Waals surface area contributed by atoms with E-state index in [1.807, 2.05) is 0 Å². The summed E-state index contributed by atoms with van der Waals surface area (Å²) in [5.74, 6) is 0.0190. The monoisotopic (exact) mass is 296 g/mol. The minimum atomic E-state index is -4.99. The number of nitrogen functional groups attached to an aromatic ring is 1. The first-order chi connectivity index (χ1) is 9.09. The van der Waals surface area contributed by atoms with E-state index in [9.17, 15) is 26.3 Å². The topological polar surface area (TPSA) is 56.7 Å². The molecule has 108 valence electrons. The molecule has 0 aliphatic rings. The molecule has 0 aromatic carbocycles. The lowest BCUT2D eigenvalue weighted by Crippen LogP contribution is -2.13. The number of nitrogens with zero attached hydrogens (tertiary/aromatic N) is 3. The Morgan fingerprint density at radius 3 is 2.10 bits per heavy atom. The lowest BCUT2D eigenvalue weighted by Gasteiger charge is -2.09. The molecule has 2 aromatic rings. The molecule has 0 aliphatic heterocycles. The van der Waals surface area contributed by atoms with Crippen LogP contribution in [0.1, 0.15) is 11.4 Å². The minimum absolute atomic E-state index is 0.0190. The van der Waals surface area contributed by atoms with Crippen molar-refractivity contribution in [3.8, 4) is 5.69 Å². The maximum absolute atomic E-state index is 12.7. The van der Waals surface area contributed by atoms with Gasteiger partial charge in [-0.1, -0.05) is 0 Å². The zero-order chi connectivity index (χ0) is 15.1. The highest BCUT2D eigenvalue weighted by molar-refractivity contribution is 5.38. The van der Waals surface area contributed by atoms with Crippen molar-refractivity contribution in [3.63, 3.8) is 0 Å². The molecule has 2 rings (SSSR count). The Labute approximate surface area is 107 Å². The zero-order valence-electron chi connectivity index (χ0n) is 9.50. The fourth-order valence-corrected chi connectivity index (χ4v) is 1.44. The van der Waals surface area contributed by atoms with Crippen molar-refractivity contribution in [2.75, 3.05) is 5.73 Å². The molecule has 0 aliphatic carbocycles. The summed E-state index contributed by atoms with van der Waals surface area (Å²) in [6.45, 7) is 0. The first kappa shape index (κ1) is 14.2. The van der Waals surface area contributed by atoms with Gasteiger partial charge >= 0.3 is 12.4 Å². The summed E-state index contributed by atoms with van der Waals surface area (Å²) in [5, 5.41) is 2.94. The minimum Gasteiger partial charge on any atom is -0.384 e. The molecule has 2 heterocycles. The highest BCUT2D eigenvalue weighted by Gasteiger charge is 2.42. The lowest BCUT2D eigenvalue weighted by molar-refractivity contribution is -0.143. The fourth-order valence-electron chi connectivity index (χ4n) is 1.44. The Hall–Kier alpha value is -2.26. The van der Waals surface area contributed by atoms with E-state index in [0.29, 0.717) is 0 Å². The largest absolute Gasteiger partial charge is 0.435 e. The summed E-state index contributed by atoms with van der Waals surface area (Å²) < 4.78 is 75.8. The Morgan fingerprint density at radius 1 is 1.00 bits per heavy atom. The highest BCUT2D eigenvalue weighted by atomic mass is 19.4. The molecule has 10 heteroatoms. The first-order valence-corrected chi connectivity index (χ1v) is 5.05. The number of alkyl halides is 6. The number of rotatable bonds is 1. The molecule has 20 heavy (non-hydrogen) atoms. The second-order valence-corrected chi connectivity index (χ2v) is 3.76. The molecule has 0 spiro atoms. The first-order valence-electron chi connectivity index (χ1n) is 5.05. The van der Waals surface area contributed by atoms with Gasteiger partial charge in [-0.15, -0.1) is 0 Å². The second kappa shape index (κ2) is 4.39. The summed E-state index contributed by atoms with van der Waals surface area (Å²) in [5.41, 5.74) is 1.80. The Balaban J connectivity index is 2.62. The molecular formula is C10H6F6N4.